The molecule has 4 nitrogen and oxygen atoms in total. The zero-order chi connectivity index (χ0) is 17.2. The molecule has 0 bridgehead atoms. The zero-order valence-corrected chi connectivity index (χ0v) is 15.6. The van der Waals surface area contributed by atoms with Gasteiger partial charge in [-0.3, -0.25) is 9.80 Å². The summed E-state index contributed by atoms with van der Waals surface area (Å²) in [5, 5.41) is 4.57. The molecule has 0 amide bonds. The molecule has 4 heteroatoms. The summed E-state index contributed by atoms with van der Waals surface area (Å²) in [6.07, 6.45) is 5.72. The second kappa shape index (κ2) is 7.30. The van der Waals surface area contributed by atoms with Gasteiger partial charge in [0.25, 0.3) is 0 Å². The molecule has 1 aliphatic carbocycles. The van der Waals surface area contributed by atoms with E-state index in [1.807, 2.05) is 11.6 Å². The van der Waals surface area contributed by atoms with Gasteiger partial charge in [0, 0.05) is 44.5 Å². The lowest BCUT2D eigenvalue weighted by Gasteiger charge is -2.38. The lowest BCUT2D eigenvalue weighted by Crippen LogP contribution is -2.49. The number of nitrogens with zero attached hydrogens (tertiary/aromatic N) is 4. The maximum Gasteiger partial charge on any atom is 0.0648 e. The first-order valence-corrected chi connectivity index (χ1v) is 9.78. The highest BCUT2D eigenvalue weighted by atomic mass is 15.3. The van der Waals surface area contributed by atoms with Crippen LogP contribution in [0.3, 0.4) is 0 Å². The van der Waals surface area contributed by atoms with Gasteiger partial charge in [-0.15, -0.1) is 0 Å². The van der Waals surface area contributed by atoms with E-state index >= 15 is 0 Å². The molecule has 0 spiro atoms. The van der Waals surface area contributed by atoms with Crippen LogP contribution in [-0.2, 0) is 6.54 Å². The lowest BCUT2D eigenvalue weighted by atomic mass is 10.1. The molecule has 1 saturated carbocycles. The van der Waals surface area contributed by atoms with Gasteiger partial charge in [0.15, 0.2) is 0 Å². The van der Waals surface area contributed by atoms with Crippen molar-refractivity contribution in [1.82, 2.24) is 19.6 Å². The molecule has 2 fully saturated rings. The summed E-state index contributed by atoms with van der Waals surface area (Å²) in [5.41, 5.74) is 4.81. The molecule has 25 heavy (non-hydrogen) atoms. The summed E-state index contributed by atoms with van der Waals surface area (Å²) in [7, 11) is 0. The molecule has 0 atom stereocenters. The van der Waals surface area contributed by atoms with E-state index in [0.29, 0.717) is 0 Å². The van der Waals surface area contributed by atoms with Crippen LogP contribution in [0.4, 0.5) is 0 Å². The Labute approximate surface area is 151 Å². The van der Waals surface area contributed by atoms with Crippen LogP contribution in [0.1, 0.15) is 42.6 Å². The van der Waals surface area contributed by atoms with E-state index in [-0.39, 0.29) is 0 Å². The summed E-state index contributed by atoms with van der Waals surface area (Å²) in [6, 6.07) is 11.9. The van der Waals surface area contributed by atoms with Crippen molar-refractivity contribution in [1.29, 1.82) is 0 Å². The number of rotatable bonds is 4. The maximum absolute atomic E-state index is 4.57. The topological polar surface area (TPSA) is 24.3 Å². The predicted molar refractivity (Wildman–Crippen MR) is 102 cm³/mol. The fraction of sp³-hybridized carbons (Fsp3) is 0.571. The van der Waals surface area contributed by atoms with Crippen LogP contribution < -0.4 is 0 Å². The average molecular weight is 338 g/mol. The van der Waals surface area contributed by atoms with E-state index < -0.39 is 0 Å². The summed E-state index contributed by atoms with van der Waals surface area (Å²) < 4.78 is 2.03. The highest BCUT2D eigenvalue weighted by Crippen LogP contribution is 2.24. The summed E-state index contributed by atoms with van der Waals surface area (Å²) in [5.74, 6) is 0. The van der Waals surface area contributed by atoms with Crippen LogP contribution in [0, 0.1) is 13.8 Å². The van der Waals surface area contributed by atoms with Gasteiger partial charge in [-0.2, -0.15) is 5.10 Å². The average Bonchev–Trinajstić information content (AvgIpc) is 3.26. The van der Waals surface area contributed by atoms with E-state index in [1.54, 1.807) is 0 Å². The van der Waals surface area contributed by atoms with Gasteiger partial charge in [-0.05, 0) is 50.5 Å². The van der Waals surface area contributed by atoms with Crippen LogP contribution in [0.2, 0.25) is 0 Å². The quantitative estimate of drug-likeness (QED) is 0.852. The van der Waals surface area contributed by atoms with E-state index in [1.165, 1.54) is 63.1 Å². The highest BCUT2D eigenvalue weighted by Gasteiger charge is 2.25. The molecular formula is C21H30N4. The minimum Gasteiger partial charge on any atom is -0.298 e. The number of hydrogen-bond acceptors (Lipinski definition) is 3. The van der Waals surface area contributed by atoms with Gasteiger partial charge >= 0.3 is 0 Å². The smallest absolute Gasteiger partial charge is 0.0648 e. The summed E-state index contributed by atoms with van der Waals surface area (Å²) >= 11 is 0. The van der Waals surface area contributed by atoms with Gasteiger partial charge < -0.3 is 0 Å². The van der Waals surface area contributed by atoms with Crippen molar-refractivity contribution in [3.63, 3.8) is 0 Å². The SMILES string of the molecule is Cc1cc(C)n(-c2ccc(CN3CCN(C4CCCC4)CC3)cc2)n1. The minimum atomic E-state index is 0.877. The van der Waals surface area contributed by atoms with Gasteiger partial charge in [0.05, 0.1) is 11.4 Å². The van der Waals surface area contributed by atoms with E-state index in [9.17, 15) is 0 Å². The molecule has 0 radical (unpaired) electrons. The monoisotopic (exact) mass is 338 g/mol. The number of benzene rings is 1. The van der Waals surface area contributed by atoms with Crippen LogP contribution in [0.5, 0.6) is 0 Å². The van der Waals surface area contributed by atoms with Crippen molar-refractivity contribution < 1.29 is 0 Å². The summed E-state index contributed by atoms with van der Waals surface area (Å²) in [6.45, 7) is 10.1. The normalized spacial score (nSPS) is 20.4. The van der Waals surface area contributed by atoms with Crippen LogP contribution in [0.25, 0.3) is 5.69 Å². The summed E-state index contributed by atoms with van der Waals surface area (Å²) in [4.78, 5) is 5.33. The van der Waals surface area contributed by atoms with E-state index in [2.05, 4.69) is 52.2 Å². The third kappa shape index (κ3) is 3.80. The Morgan fingerprint density at radius 1 is 0.960 bits per heavy atom. The van der Waals surface area contributed by atoms with Crippen molar-refractivity contribution in [2.24, 2.45) is 0 Å². The first kappa shape index (κ1) is 16.8. The number of aromatic nitrogens is 2. The molecule has 0 N–H and O–H groups in total. The minimum absolute atomic E-state index is 0.877. The Morgan fingerprint density at radius 3 is 2.24 bits per heavy atom. The van der Waals surface area contributed by atoms with Crippen molar-refractivity contribution in [2.45, 2.75) is 52.1 Å². The molecular weight excluding hydrogens is 308 g/mol. The molecule has 2 aromatic rings. The Kier molecular flexibility index (Phi) is 4.91. The molecule has 2 aliphatic rings. The molecule has 1 aromatic heterocycles. The largest absolute Gasteiger partial charge is 0.298 e. The van der Waals surface area contributed by atoms with Crippen LogP contribution in [0.15, 0.2) is 30.3 Å². The van der Waals surface area contributed by atoms with E-state index in [4.69, 9.17) is 0 Å². The van der Waals surface area contributed by atoms with E-state index in [0.717, 1.165) is 24.0 Å². The molecule has 1 aliphatic heterocycles. The van der Waals surface area contributed by atoms with Gasteiger partial charge in [0.2, 0.25) is 0 Å². The first-order valence-electron chi connectivity index (χ1n) is 9.78. The predicted octanol–water partition coefficient (Wildman–Crippen LogP) is 3.55. The lowest BCUT2D eigenvalue weighted by molar-refractivity contribution is 0.0937. The third-order valence-corrected chi connectivity index (χ3v) is 5.84. The number of piperazine rings is 1. The zero-order valence-electron chi connectivity index (χ0n) is 15.6. The fourth-order valence-corrected chi connectivity index (χ4v) is 4.45. The second-order valence-corrected chi connectivity index (χ2v) is 7.76. The van der Waals surface area contributed by atoms with Gasteiger partial charge in [-0.1, -0.05) is 25.0 Å². The molecule has 134 valence electrons. The second-order valence-electron chi connectivity index (χ2n) is 7.76. The first-order chi connectivity index (χ1) is 12.2. The molecule has 0 unspecified atom stereocenters. The van der Waals surface area contributed by atoms with Crippen molar-refractivity contribution >= 4 is 0 Å². The van der Waals surface area contributed by atoms with Crippen LogP contribution >= 0.6 is 0 Å². The van der Waals surface area contributed by atoms with Gasteiger partial charge in [0.1, 0.15) is 0 Å². The van der Waals surface area contributed by atoms with Crippen molar-refractivity contribution in [2.75, 3.05) is 26.2 Å². The Hall–Kier alpha value is -1.65. The van der Waals surface area contributed by atoms with Crippen LogP contribution in [-0.4, -0.2) is 51.8 Å². The number of aryl methyl sites for hydroxylation is 2. The molecule has 1 aromatic carbocycles. The molecule has 4 rings (SSSR count). The standard InChI is InChI=1S/C21H30N4/c1-17-15-18(2)25(22-17)21-9-7-19(8-10-21)16-23-11-13-24(14-12-23)20-5-3-4-6-20/h7-10,15,20H,3-6,11-14,16H2,1-2H3. The maximum atomic E-state index is 4.57. The Bertz CT molecular complexity index is 689. The van der Waals surface area contributed by atoms with Crippen molar-refractivity contribution in [3.05, 3.63) is 47.3 Å². The Balaban J connectivity index is 1.33. The fourth-order valence-electron chi connectivity index (χ4n) is 4.45. The molecule has 1 saturated heterocycles. The van der Waals surface area contributed by atoms with Gasteiger partial charge in [-0.25, -0.2) is 4.68 Å². The number of hydrogen-bond donors (Lipinski definition) is 0. The Morgan fingerprint density at radius 2 is 1.64 bits per heavy atom. The molecule has 2 heterocycles. The van der Waals surface area contributed by atoms with Crippen molar-refractivity contribution in [3.8, 4) is 5.69 Å². The highest BCUT2D eigenvalue weighted by molar-refractivity contribution is 5.36. The third-order valence-electron chi connectivity index (χ3n) is 5.84.